The Kier molecular flexibility index (Phi) is 4.16. The van der Waals surface area contributed by atoms with Crippen molar-refractivity contribution in [1.29, 1.82) is 0 Å². The predicted octanol–water partition coefficient (Wildman–Crippen LogP) is 3.38. The molecule has 0 aliphatic heterocycles. The molecule has 0 spiro atoms. The van der Waals surface area contributed by atoms with Gasteiger partial charge in [0.15, 0.2) is 0 Å². The number of nitrogens with zero attached hydrogens (tertiary/aromatic N) is 1. The van der Waals surface area contributed by atoms with Gasteiger partial charge in [-0.3, -0.25) is 4.21 Å². The second-order valence-corrected chi connectivity index (χ2v) is 6.38. The van der Waals surface area contributed by atoms with Gasteiger partial charge in [0.2, 0.25) is 0 Å². The molecular weight excluding hydrogens is 317 g/mol. The van der Waals surface area contributed by atoms with Crippen LogP contribution in [0, 0.1) is 5.82 Å². The lowest BCUT2D eigenvalue weighted by Gasteiger charge is -2.04. The fourth-order valence-electron chi connectivity index (χ4n) is 2.17. The summed E-state index contributed by atoms with van der Waals surface area (Å²) in [6.45, 7) is 0. The van der Waals surface area contributed by atoms with E-state index in [1.807, 2.05) is 0 Å². The molecule has 0 aliphatic carbocycles. The van der Waals surface area contributed by atoms with E-state index in [1.165, 1.54) is 24.3 Å². The first kappa shape index (κ1) is 15.3. The Morgan fingerprint density at radius 3 is 2.52 bits per heavy atom. The van der Waals surface area contributed by atoms with Crippen molar-refractivity contribution in [2.45, 2.75) is 10.8 Å². The van der Waals surface area contributed by atoms with Gasteiger partial charge in [-0.05, 0) is 48.0 Å². The fraction of sp³-hybridized carbons (Fsp3) is 0.0588. The third-order valence-corrected chi connectivity index (χ3v) is 4.65. The second-order valence-electron chi connectivity index (χ2n) is 4.98. The molecule has 0 saturated heterocycles. The number of carboxylic acid groups (broad SMARTS) is 1. The molecule has 1 N–H and O–H groups in total. The summed E-state index contributed by atoms with van der Waals surface area (Å²) >= 11 is 0. The molecule has 1 unspecified atom stereocenters. The molecule has 0 radical (unpaired) electrons. The average Bonchev–Trinajstić information content (AvgIpc) is 2.54. The standard InChI is InChI=1S/C17H12FNO3S/c18-14-6-7-15-13(9-14)5-8-16(19-15)23(22)10-11-1-3-12(4-2-11)17(20)21/h1-9H,10H2,(H,20,21). The van der Waals surface area contributed by atoms with E-state index >= 15 is 0 Å². The maximum absolute atomic E-state index is 13.1. The number of rotatable bonds is 4. The number of fused-ring (bicyclic) bond motifs is 1. The maximum atomic E-state index is 13.1. The molecule has 0 saturated carbocycles. The van der Waals surface area contributed by atoms with Crippen molar-refractivity contribution in [3.8, 4) is 0 Å². The highest BCUT2D eigenvalue weighted by atomic mass is 32.2. The molecule has 0 bridgehead atoms. The molecule has 2 aromatic carbocycles. The Labute approximate surface area is 134 Å². The topological polar surface area (TPSA) is 67.3 Å². The van der Waals surface area contributed by atoms with Crippen LogP contribution in [0.2, 0.25) is 0 Å². The average molecular weight is 329 g/mol. The highest BCUT2D eigenvalue weighted by Gasteiger charge is 2.09. The van der Waals surface area contributed by atoms with Gasteiger partial charge in [-0.2, -0.15) is 0 Å². The molecule has 0 aliphatic rings. The summed E-state index contributed by atoms with van der Waals surface area (Å²) in [6, 6.07) is 13.8. The van der Waals surface area contributed by atoms with Crippen molar-refractivity contribution in [2.24, 2.45) is 0 Å². The smallest absolute Gasteiger partial charge is 0.335 e. The van der Waals surface area contributed by atoms with Crippen LogP contribution in [0.5, 0.6) is 0 Å². The van der Waals surface area contributed by atoms with Crippen LogP contribution in [0.1, 0.15) is 15.9 Å². The van der Waals surface area contributed by atoms with E-state index in [0.717, 1.165) is 5.56 Å². The normalized spacial score (nSPS) is 12.2. The highest BCUT2D eigenvalue weighted by molar-refractivity contribution is 7.84. The first-order chi connectivity index (χ1) is 11.0. The molecular formula is C17H12FNO3S. The molecule has 1 aromatic heterocycles. The number of aromatic carboxylic acids is 1. The Balaban J connectivity index is 1.82. The fourth-order valence-corrected chi connectivity index (χ4v) is 3.24. The zero-order valence-corrected chi connectivity index (χ0v) is 12.7. The van der Waals surface area contributed by atoms with E-state index in [-0.39, 0.29) is 17.1 Å². The number of benzene rings is 2. The summed E-state index contributed by atoms with van der Waals surface area (Å²) in [7, 11) is -1.37. The quantitative estimate of drug-likeness (QED) is 0.797. The SMILES string of the molecule is O=C(O)c1ccc(CS(=O)c2ccc3cc(F)ccc3n2)cc1. The lowest BCUT2D eigenvalue weighted by atomic mass is 10.1. The molecule has 116 valence electrons. The Morgan fingerprint density at radius 1 is 1.09 bits per heavy atom. The van der Waals surface area contributed by atoms with Crippen molar-refractivity contribution in [2.75, 3.05) is 0 Å². The van der Waals surface area contributed by atoms with E-state index in [1.54, 1.807) is 30.3 Å². The van der Waals surface area contributed by atoms with Crippen LogP contribution in [0.3, 0.4) is 0 Å². The van der Waals surface area contributed by atoms with Gasteiger partial charge in [0.1, 0.15) is 10.8 Å². The third-order valence-electron chi connectivity index (χ3n) is 3.36. The number of halogens is 1. The molecule has 3 aromatic rings. The van der Waals surface area contributed by atoms with E-state index < -0.39 is 16.8 Å². The summed E-state index contributed by atoms with van der Waals surface area (Å²) in [5.74, 6) is -1.10. The molecule has 23 heavy (non-hydrogen) atoms. The largest absolute Gasteiger partial charge is 0.478 e. The highest BCUT2D eigenvalue weighted by Crippen LogP contribution is 2.18. The minimum atomic E-state index is -1.37. The number of aromatic nitrogens is 1. The summed E-state index contributed by atoms with van der Waals surface area (Å²) in [6.07, 6.45) is 0. The lowest BCUT2D eigenvalue weighted by molar-refractivity contribution is 0.0697. The van der Waals surface area contributed by atoms with E-state index in [0.29, 0.717) is 15.9 Å². The lowest BCUT2D eigenvalue weighted by Crippen LogP contribution is -2.01. The Hall–Kier alpha value is -2.60. The first-order valence-corrected chi connectivity index (χ1v) is 8.12. The van der Waals surface area contributed by atoms with Gasteiger partial charge >= 0.3 is 5.97 Å². The van der Waals surface area contributed by atoms with Crippen molar-refractivity contribution < 1.29 is 18.5 Å². The zero-order valence-electron chi connectivity index (χ0n) is 11.9. The van der Waals surface area contributed by atoms with Gasteiger partial charge in [0.05, 0.1) is 27.6 Å². The van der Waals surface area contributed by atoms with Crippen molar-refractivity contribution in [3.63, 3.8) is 0 Å². The van der Waals surface area contributed by atoms with Gasteiger partial charge in [0.25, 0.3) is 0 Å². The number of pyridine rings is 1. The number of carboxylic acids is 1. The second kappa shape index (κ2) is 6.26. The van der Waals surface area contributed by atoms with Crippen LogP contribution in [0.15, 0.2) is 59.6 Å². The van der Waals surface area contributed by atoms with Crippen molar-refractivity contribution in [3.05, 3.63) is 71.5 Å². The van der Waals surface area contributed by atoms with Crippen LogP contribution in [0.4, 0.5) is 4.39 Å². The molecule has 0 fully saturated rings. The zero-order chi connectivity index (χ0) is 16.4. The molecule has 1 atom stereocenters. The first-order valence-electron chi connectivity index (χ1n) is 6.80. The summed E-state index contributed by atoms with van der Waals surface area (Å²) in [5, 5.41) is 9.92. The monoisotopic (exact) mass is 329 g/mol. The summed E-state index contributed by atoms with van der Waals surface area (Å²) in [5.41, 5.74) is 1.53. The molecule has 3 rings (SSSR count). The number of carbonyl (C=O) groups is 1. The van der Waals surface area contributed by atoms with Gasteiger partial charge in [-0.25, -0.2) is 14.2 Å². The summed E-state index contributed by atoms with van der Waals surface area (Å²) in [4.78, 5) is 15.1. The molecule has 6 heteroatoms. The van der Waals surface area contributed by atoms with E-state index in [4.69, 9.17) is 5.11 Å². The van der Waals surface area contributed by atoms with Crippen LogP contribution >= 0.6 is 0 Å². The van der Waals surface area contributed by atoms with E-state index in [9.17, 15) is 13.4 Å². The third kappa shape index (κ3) is 3.43. The van der Waals surface area contributed by atoms with E-state index in [2.05, 4.69) is 4.98 Å². The summed E-state index contributed by atoms with van der Waals surface area (Å²) < 4.78 is 25.5. The van der Waals surface area contributed by atoms with Crippen LogP contribution < -0.4 is 0 Å². The van der Waals surface area contributed by atoms with Gasteiger partial charge in [0, 0.05) is 5.39 Å². The molecule has 4 nitrogen and oxygen atoms in total. The molecule has 0 amide bonds. The van der Waals surface area contributed by atoms with Crippen molar-refractivity contribution >= 4 is 27.7 Å². The predicted molar refractivity (Wildman–Crippen MR) is 85.2 cm³/mol. The minimum absolute atomic E-state index is 0.186. The Bertz CT molecular complexity index is 909. The number of hydrogen-bond donors (Lipinski definition) is 1. The van der Waals surface area contributed by atoms with Crippen LogP contribution in [0.25, 0.3) is 10.9 Å². The Morgan fingerprint density at radius 2 is 1.83 bits per heavy atom. The van der Waals surface area contributed by atoms with Gasteiger partial charge < -0.3 is 5.11 Å². The number of hydrogen-bond acceptors (Lipinski definition) is 3. The minimum Gasteiger partial charge on any atom is -0.478 e. The van der Waals surface area contributed by atoms with Crippen LogP contribution in [-0.2, 0) is 16.6 Å². The van der Waals surface area contributed by atoms with Crippen molar-refractivity contribution in [1.82, 2.24) is 4.98 Å². The van der Waals surface area contributed by atoms with Gasteiger partial charge in [-0.15, -0.1) is 0 Å². The maximum Gasteiger partial charge on any atom is 0.335 e. The van der Waals surface area contributed by atoms with Crippen LogP contribution in [-0.4, -0.2) is 20.3 Å². The molecule has 1 heterocycles. The van der Waals surface area contributed by atoms with Gasteiger partial charge in [-0.1, -0.05) is 12.1 Å².